The van der Waals surface area contributed by atoms with Crippen LogP contribution in [0.5, 0.6) is 0 Å². The molecule has 1 nitrogen and oxygen atoms in total. The minimum Gasteiger partial charge on any atom is -0.390 e. The molecule has 0 aliphatic rings. The van der Waals surface area contributed by atoms with Crippen molar-refractivity contribution in [2.45, 2.75) is 66.9 Å². The molecule has 14 heavy (non-hydrogen) atoms. The lowest BCUT2D eigenvalue weighted by Crippen LogP contribution is -2.33. The molecule has 0 aliphatic carbocycles. The zero-order chi connectivity index (χ0) is 11.6. The van der Waals surface area contributed by atoms with Gasteiger partial charge in [0, 0.05) is 0 Å². The first-order valence-corrected chi connectivity index (χ1v) is 5.77. The molecule has 2 atom stereocenters. The quantitative estimate of drug-likeness (QED) is 0.730. The van der Waals surface area contributed by atoms with Crippen LogP contribution in [0.1, 0.15) is 61.3 Å². The molecule has 0 aromatic carbocycles. The molecule has 1 N–H and O–H groups in total. The van der Waals surface area contributed by atoms with Crippen LogP contribution in [0.2, 0.25) is 0 Å². The van der Waals surface area contributed by atoms with Crippen molar-refractivity contribution in [3.63, 3.8) is 0 Å². The molecule has 0 saturated heterocycles. The highest BCUT2D eigenvalue weighted by atomic mass is 16.3. The normalized spacial score (nSPS) is 19.5. The third-order valence-corrected chi connectivity index (χ3v) is 2.97. The lowest BCUT2D eigenvalue weighted by atomic mass is 9.77. The average molecular weight is 200 g/mol. The lowest BCUT2D eigenvalue weighted by molar-refractivity contribution is -0.0115. The Morgan fingerprint density at radius 1 is 0.929 bits per heavy atom. The van der Waals surface area contributed by atoms with Crippen LogP contribution in [0.25, 0.3) is 0 Å². The second-order valence-electron chi connectivity index (χ2n) is 6.59. The van der Waals surface area contributed by atoms with Crippen LogP contribution >= 0.6 is 0 Å². The van der Waals surface area contributed by atoms with E-state index in [0.717, 1.165) is 6.42 Å². The van der Waals surface area contributed by atoms with Gasteiger partial charge < -0.3 is 5.11 Å². The van der Waals surface area contributed by atoms with Crippen molar-refractivity contribution in [1.29, 1.82) is 0 Å². The second-order valence-corrected chi connectivity index (χ2v) is 6.59. The van der Waals surface area contributed by atoms with Gasteiger partial charge >= 0.3 is 0 Å². The Morgan fingerprint density at radius 2 is 1.36 bits per heavy atom. The van der Waals surface area contributed by atoms with Gasteiger partial charge in [-0.1, -0.05) is 41.5 Å². The van der Waals surface area contributed by atoms with Gasteiger partial charge in [0.2, 0.25) is 0 Å². The van der Waals surface area contributed by atoms with Crippen LogP contribution in [-0.2, 0) is 0 Å². The molecule has 0 fully saturated rings. The van der Waals surface area contributed by atoms with Gasteiger partial charge in [-0.2, -0.15) is 0 Å². The third-order valence-electron chi connectivity index (χ3n) is 2.97. The molecule has 0 rings (SSSR count). The van der Waals surface area contributed by atoms with Crippen molar-refractivity contribution in [3.05, 3.63) is 0 Å². The predicted molar refractivity (Wildman–Crippen MR) is 63.3 cm³/mol. The van der Waals surface area contributed by atoms with Crippen LogP contribution in [0, 0.1) is 17.3 Å². The van der Waals surface area contributed by atoms with Gasteiger partial charge in [-0.15, -0.1) is 0 Å². The molecule has 86 valence electrons. The first kappa shape index (κ1) is 14.0. The molecule has 0 bridgehead atoms. The van der Waals surface area contributed by atoms with E-state index in [4.69, 9.17) is 0 Å². The predicted octanol–water partition coefficient (Wildman–Crippen LogP) is 3.86. The van der Waals surface area contributed by atoms with Crippen molar-refractivity contribution in [2.24, 2.45) is 17.3 Å². The Hall–Kier alpha value is -0.0400. The number of hydrogen-bond acceptors (Lipinski definition) is 1. The van der Waals surface area contributed by atoms with E-state index in [1.54, 1.807) is 0 Å². The molecule has 0 heterocycles. The fourth-order valence-corrected chi connectivity index (χ4v) is 2.06. The summed E-state index contributed by atoms with van der Waals surface area (Å²) in [6.07, 6.45) is 2.08. The average Bonchev–Trinajstić information content (AvgIpc) is 1.79. The summed E-state index contributed by atoms with van der Waals surface area (Å²) in [6, 6.07) is 0. The smallest absolute Gasteiger partial charge is 0.0645 e. The minimum absolute atomic E-state index is 0.338. The molecule has 0 spiro atoms. The Kier molecular flexibility index (Phi) is 4.64. The molecule has 0 aromatic heterocycles. The number of hydrogen-bond donors (Lipinski definition) is 1. The van der Waals surface area contributed by atoms with Crippen LogP contribution in [-0.4, -0.2) is 10.7 Å². The van der Waals surface area contributed by atoms with Gasteiger partial charge in [0.1, 0.15) is 0 Å². The number of rotatable bonds is 4. The fourth-order valence-electron chi connectivity index (χ4n) is 2.06. The van der Waals surface area contributed by atoms with E-state index in [2.05, 4.69) is 41.5 Å². The molecule has 0 aliphatic heterocycles. The maximum absolute atomic E-state index is 10.2. The SMILES string of the molecule is CC(CC(C)(C)C)CC(C)(O)C(C)C. The minimum atomic E-state index is -0.509. The molecule has 1 heteroatoms. The monoisotopic (exact) mass is 200 g/mol. The summed E-state index contributed by atoms with van der Waals surface area (Å²) in [5.41, 5.74) is -0.142. The van der Waals surface area contributed by atoms with Crippen molar-refractivity contribution in [1.82, 2.24) is 0 Å². The second kappa shape index (κ2) is 4.65. The Labute approximate surface area is 89.9 Å². The van der Waals surface area contributed by atoms with Crippen LogP contribution in [0.3, 0.4) is 0 Å². The molecule has 0 aromatic rings. The fraction of sp³-hybridized carbons (Fsp3) is 1.00. The van der Waals surface area contributed by atoms with Gasteiger partial charge in [-0.3, -0.25) is 0 Å². The van der Waals surface area contributed by atoms with Gasteiger partial charge in [0.05, 0.1) is 5.60 Å². The summed E-state index contributed by atoms with van der Waals surface area (Å²) in [5.74, 6) is 0.928. The van der Waals surface area contributed by atoms with Crippen LogP contribution < -0.4 is 0 Å². The molecular formula is C13H28O. The molecule has 2 unspecified atom stereocenters. The summed E-state index contributed by atoms with van der Waals surface area (Å²) >= 11 is 0. The Morgan fingerprint density at radius 3 is 1.64 bits per heavy atom. The van der Waals surface area contributed by atoms with Gasteiger partial charge in [-0.05, 0) is 37.0 Å². The Bertz CT molecular complexity index is 163. The van der Waals surface area contributed by atoms with Crippen molar-refractivity contribution in [3.8, 4) is 0 Å². The molecule has 0 saturated carbocycles. The first-order valence-electron chi connectivity index (χ1n) is 5.77. The van der Waals surface area contributed by atoms with E-state index in [-0.39, 0.29) is 0 Å². The van der Waals surface area contributed by atoms with E-state index in [0.29, 0.717) is 17.3 Å². The highest BCUT2D eigenvalue weighted by Crippen LogP contribution is 2.31. The topological polar surface area (TPSA) is 20.2 Å². The zero-order valence-electron chi connectivity index (χ0n) is 11.0. The van der Waals surface area contributed by atoms with Crippen LogP contribution in [0.4, 0.5) is 0 Å². The standard InChI is InChI=1S/C13H28O/c1-10(2)13(7,14)9-11(3)8-12(4,5)6/h10-11,14H,8-9H2,1-7H3. The third kappa shape index (κ3) is 5.64. The van der Waals surface area contributed by atoms with E-state index >= 15 is 0 Å². The highest BCUT2D eigenvalue weighted by Gasteiger charge is 2.28. The first-order chi connectivity index (χ1) is 6.04. The number of aliphatic hydroxyl groups is 1. The lowest BCUT2D eigenvalue weighted by Gasteiger charge is -2.33. The summed E-state index contributed by atoms with van der Waals surface area (Å²) in [4.78, 5) is 0. The molecular weight excluding hydrogens is 172 g/mol. The van der Waals surface area contributed by atoms with Gasteiger partial charge in [0.15, 0.2) is 0 Å². The van der Waals surface area contributed by atoms with Crippen molar-refractivity contribution < 1.29 is 5.11 Å². The summed E-state index contributed by atoms with van der Waals surface area (Å²) in [7, 11) is 0. The summed E-state index contributed by atoms with van der Waals surface area (Å²) < 4.78 is 0. The highest BCUT2D eigenvalue weighted by molar-refractivity contribution is 4.80. The van der Waals surface area contributed by atoms with Gasteiger partial charge in [-0.25, -0.2) is 0 Å². The maximum Gasteiger partial charge on any atom is 0.0645 e. The molecule has 0 amide bonds. The Balaban J connectivity index is 4.12. The van der Waals surface area contributed by atoms with E-state index < -0.39 is 5.60 Å². The largest absolute Gasteiger partial charge is 0.390 e. The van der Waals surface area contributed by atoms with Crippen molar-refractivity contribution in [2.75, 3.05) is 0 Å². The van der Waals surface area contributed by atoms with Crippen molar-refractivity contribution >= 4 is 0 Å². The van der Waals surface area contributed by atoms with E-state index in [9.17, 15) is 5.11 Å². The zero-order valence-corrected chi connectivity index (χ0v) is 11.0. The summed E-state index contributed by atoms with van der Waals surface area (Å²) in [6.45, 7) is 15.1. The van der Waals surface area contributed by atoms with Gasteiger partial charge in [0.25, 0.3) is 0 Å². The van der Waals surface area contributed by atoms with E-state index in [1.807, 2.05) is 6.92 Å². The summed E-state index contributed by atoms with van der Waals surface area (Å²) in [5, 5.41) is 10.2. The maximum atomic E-state index is 10.2. The molecule has 0 radical (unpaired) electrons. The van der Waals surface area contributed by atoms with Crippen LogP contribution in [0.15, 0.2) is 0 Å². The van der Waals surface area contributed by atoms with E-state index in [1.165, 1.54) is 6.42 Å².